The molecule has 0 radical (unpaired) electrons. The molecule has 0 amide bonds. The van der Waals surface area contributed by atoms with E-state index in [0.29, 0.717) is 0 Å². The molecule has 0 atom stereocenters. The van der Waals surface area contributed by atoms with E-state index in [1.165, 1.54) is 6.07 Å². The van der Waals surface area contributed by atoms with E-state index in [4.69, 9.17) is 16.9 Å². The first-order valence-electron chi connectivity index (χ1n) is 4.41. The summed E-state index contributed by atoms with van der Waals surface area (Å²) in [5.41, 5.74) is -1.42. The number of carbonyl (C=O) groups excluding carboxylic acids is 1. The molecule has 0 N–H and O–H groups in total. The number of carbonyl (C=O) groups is 1. The topological polar surface area (TPSA) is 63.0 Å². The molecule has 0 saturated carbocycles. The summed E-state index contributed by atoms with van der Waals surface area (Å²) in [6, 6.07) is 2.83. The highest BCUT2D eigenvalue weighted by atomic mass is 35.5. The van der Waals surface area contributed by atoms with Crippen molar-refractivity contribution in [3.05, 3.63) is 28.6 Å². The van der Waals surface area contributed by atoms with Crippen molar-refractivity contribution in [1.82, 2.24) is 4.98 Å². The Morgan fingerprint density at radius 2 is 2.35 bits per heavy atom. The molecule has 1 heterocycles. The van der Waals surface area contributed by atoms with Gasteiger partial charge in [0, 0.05) is 0 Å². The van der Waals surface area contributed by atoms with Crippen LogP contribution in [0.2, 0.25) is 0 Å². The summed E-state index contributed by atoms with van der Waals surface area (Å²) >= 11 is 5.47. The van der Waals surface area contributed by atoms with Gasteiger partial charge in [-0.05, 0) is 6.07 Å². The van der Waals surface area contributed by atoms with Gasteiger partial charge in [0.05, 0.1) is 24.2 Å². The van der Waals surface area contributed by atoms with E-state index < -0.39 is 23.7 Å². The number of halogens is 3. The highest BCUT2D eigenvalue weighted by Gasteiger charge is 2.25. The summed E-state index contributed by atoms with van der Waals surface area (Å²) in [6.07, 6.45) is -2.99. The van der Waals surface area contributed by atoms with Crippen molar-refractivity contribution in [2.45, 2.75) is 12.3 Å². The quantitative estimate of drug-likeness (QED) is 0.618. The van der Waals surface area contributed by atoms with E-state index in [9.17, 15) is 13.6 Å². The molecule has 0 aliphatic carbocycles. The van der Waals surface area contributed by atoms with Gasteiger partial charge < -0.3 is 4.74 Å². The number of methoxy groups -OCH3 is 1. The Hall–Kier alpha value is -1.74. The lowest BCUT2D eigenvalue weighted by atomic mass is 10.1. The van der Waals surface area contributed by atoms with Gasteiger partial charge in [0.15, 0.2) is 0 Å². The fraction of sp³-hybridized carbons (Fsp3) is 0.300. The van der Waals surface area contributed by atoms with Gasteiger partial charge in [0.1, 0.15) is 17.3 Å². The molecule has 1 aromatic rings. The van der Waals surface area contributed by atoms with Gasteiger partial charge in [-0.25, -0.2) is 18.6 Å². The Labute approximate surface area is 101 Å². The van der Waals surface area contributed by atoms with Crippen LogP contribution in [0, 0.1) is 11.3 Å². The standard InChI is InChI=1S/C10H7ClF2N2O2/c1-17-10(16)7-5(4-14)2-6(3-11)15-8(7)9(12)13/h2,9H,3H2,1H3. The molecule has 0 unspecified atom stereocenters. The van der Waals surface area contributed by atoms with Crippen molar-refractivity contribution in [3.63, 3.8) is 0 Å². The smallest absolute Gasteiger partial charge is 0.341 e. The number of rotatable bonds is 3. The van der Waals surface area contributed by atoms with E-state index >= 15 is 0 Å². The van der Waals surface area contributed by atoms with E-state index in [0.717, 1.165) is 7.11 Å². The first-order valence-corrected chi connectivity index (χ1v) is 4.95. The number of nitriles is 1. The van der Waals surface area contributed by atoms with Crippen LogP contribution in [0.25, 0.3) is 0 Å². The summed E-state index contributed by atoms with van der Waals surface area (Å²) in [5, 5.41) is 8.82. The predicted molar refractivity (Wildman–Crippen MR) is 54.8 cm³/mol. The van der Waals surface area contributed by atoms with E-state index in [-0.39, 0.29) is 17.1 Å². The first-order chi connectivity index (χ1) is 8.04. The average molecular weight is 261 g/mol. The second-order valence-electron chi connectivity index (χ2n) is 2.96. The van der Waals surface area contributed by atoms with Crippen molar-refractivity contribution < 1.29 is 18.3 Å². The van der Waals surface area contributed by atoms with E-state index in [1.807, 2.05) is 0 Å². The van der Waals surface area contributed by atoms with Crippen molar-refractivity contribution >= 4 is 17.6 Å². The minimum Gasteiger partial charge on any atom is -0.465 e. The van der Waals surface area contributed by atoms with Gasteiger partial charge in [-0.2, -0.15) is 5.26 Å². The number of ether oxygens (including phenoxy) is 1. The van der Waals surface area contributed by atoms with Gasteiger partial charge in [-0.15, -0.1) is 11.6 Å². The molecule has 1 rings (SSSR count). The molecule has 0 bridgehead atoms. The molecule has 1 aromatic heterocycles. The van der Waals surface area contributed by atoms with Crippen LogP contribution in [0.1, 0.15) is 33.7 Å². The van der Waals surface area contributed by atoms with Crippen molar-refractivity contribution in [1.29, 1.82) is 5.26 Å². The number of hydrogen-bond acceptors (Lipinski definition) is 4. The predicted octanol–water partition coefficient (Wildman–Crippen LogP) is 2.42. The van der Waals surface area contributed by atoms with Gasteiger partial charge >= 0.3 is 5.97 Å². The second kappa shape index (κ2) is 5.55. The fourth-order valence-electron chi connectivity index (χ4n) is 1.25. The molecule has 17 heavy (non-hydrogen) atoms. The number of esters is 1. The Kier molecular flexibility index (Phi) is 4.35. The number of pyridine rings is 1. The third-order valence-corrected chi connectivity index (χ3v) is 2.23. The number of alkyl halides is 3. The zero-order chi connectivity index (χ0) is 13.0. The molecular weight excluding hydrogens is 254 g/mol. The molecule has 0 fully saturated rings. The first kappa shape index (κ1) is 13.3. The van der Waals surface area contributed by atoms with Crippen LogP contribution in [0.3, 0.4) is 0 Å². The van der Waals surface area contributed by atoms with Crippen LogP contribution in [0.4, 0.5) is 8.78 Å². The zero-order valence-corrected chi connectivity index (χ0v) is 9.46. The third-order valence-electron chi connectivity index (χ3n) is 1.95. The van der Waals surface area contributed by atoms with Crippen LogP contribution >= 0.6 is 11.6 Å². The fourth-order valence-corrected chi connectivity index (χ4v) is 1.39. The largest absolute Gasteiger partial charge is 0.465 e. The Morgan fingerprint density at radius 1 is 1.71 bits per heavy atom. The highest BCUT2D eigenvalue weighted by Crippen LogP contribution is 2.25. The number of nitrogens with zero attached hydrogens (tertiary/aromatic N) is 2. The minimum atomic E-state index is -2.99. The molecule has 0 aromatic carbocycles. The lowest BCUT2D eigenvalue weighted by molar-refractivity contribution is 0.0586. The van der Waals surface area contributed by atoms with Crippen LogP contribution < -0.4 is 0 Å². The Morgan fingerprint density at radius 3 is 2.76 bits per heavy atom. The van der Waals surface area contributed by atoms with Crippen molar-refractivity contribution in [2.24, 2.45) is 0 Å². The van der Waals surface area contributed by atoms with Crippen LogP contribution in [0.5, 0.6) is 0 Å². The molecule has 0 saturated heterocycles. The molecule has 4 nitrogen and oxygen atoms in total. The molecule has 0 aliphatic rings. The molecule has 0 spiro atoms. The molecule has 7 heteroatoms. The average Bonchev–Trinajstić information content (AvgIpc) is 2.35. The summed E-state index contributed by atoms with van der Waals surface area (Å²) in [7, 11) is 1.04. The van der Waals surface area contributed by atoms with Gasteiger partial charge in [0.25, 0.3) is 6.43 Å². The van der Waals surface area contributed by atoms with Gasteiger partial charge in [-0.1, -0.05) is 0 Å². The molecule has 90 valence electrons. The lowest BCUT2D eigenvalue weighted by Crippen LogP contribution is -2.12. The van der Waals surface area contributed by atoms with Crippen molar-refractivity contribution in [2.75, 3.05) is 7.11 Å². The molecular formula is C10H7ClF2N2O2. The highest BCUT2D eigenvalue weighted by molar-refractivity contribution is 6.16. The third kappa shape index (κ3) is 2.68. The van der Waals surface area contributed by atoms with E-state index in [1.54, 1.807) is 6.07 Å². The SMILES string of the molecule is COC(=O)c1c(C#N)cc(CCl)nc1C(F)F. The normalized spacial score (nSPS) is 10.1. The minimum absolute atomic E-state index is 0.103. The summed E-state index contributed by atoms with van der Waals surface area (Å²) in [6.45, 7) is 0. The summed E-state index contributed by atoms with van der Waals surface area (Å²) < 4.78 is 29.8. The lowest BCUT2D eigenvalue weighted by Gasteiger charge is -2.09. The zero-order valence-electron chi connectivity index (χ0n) is 8.71. The summed E-state index contributed by atoms with van der Waals surface area (Å²) in [5.74, 6) is -1.15. The van der Waals surface area contributed by atoms with Crippen LogP contribution in [0.15, 0.2) is 6.07 Å². The maximum Gasteiger partial charge on any atom is 0.341 e. The van der Waals surface area contributed by atoms with Crippen molar-refractivity contribution in [3.8, 4) is 6.07 Å². The Balaban J connectivity index is 3.53. The monoisotopic (exact) mass is 260 g/mol. The maximum absolute atomic E-state index is 12.7. The van der Waals surface area contributed by atoms with Crippen LogP contribution in [-0.4, -0.2) is 18.1 Å². The molecule has 0 aliphatic heterocycles. The Bertz CT molecular complexity index is 486. The summed E-state index contributed by atoms with van der Waals surface area (Å²) in [4.78, 5) is 14.9. The second-order valence-corrected chi connectivity index (χ2v) is 3.23. The van der Waals surface area contributed by atoms with E-state index in [2.05, 4.69) is 9.72 Å². The van der Waals surface area contributed by atoms with Gasteiger partial charge in [0.2, 0.25) is 0 Å². The van der Waals surface area contributed by atoms with Crippen LogP contribution in [-0.2, 0) is 10.6 Å². The van der Waals surface area contributed by atoms with Gasteiger partial charge in [-0.3, -0.25) is 0 Å². The number of aromatic nitrogens is 1. The maximum atomic E-state index is 12.7. The number of hydrogen-bond donors (Lipinski definition) is 0.